The fourth-order valence-corrected chi connectivity index (χ4v) is 4.31. The predicted molar refractivity (Wildman–Crippen MR) is 114 cm³/mol. The largest absolute Gasteiger partial charge is 0.493 e. The number of aromatic nitrogens is 2. The molecule has 0 saturated heterocycles. The van der Waals surface area contributed by atoms with Crippen molar-refractivity contribution >= 4 is 21.1 Å². The van der Waals surface area contributed by atoms with Gasteiger partial charge in [0.1, 0.15) is 5.65 Å². The van der Waals surface area contributed by atoms with Crippen molar-refractivity contribution in [1.82, 2.24) is 14.3 Å². The minimum Gasteiger partial charge on any atom is -0.493 e. The third-order valence-corrected chi connectivity index (χ3v) is 6.75. The predicted octanol–water partition coefficient (Wildman–Crippen LogP) is 4.29. The Morgan fingerprint density at radius 2 is 1.80 bits per heavy atom. The molecule has 1 N–H and O–H groups in total. The van der Waals surface area contributed by atoms with Crippen LogP contribution < -0.4 is 4.74 Å². The molecule has 0 saturated carbocycles. The van der Waals surface area contributed by atoms with E-state index in [-0.39, 0.29) is 10.6 Å². The van der Waals surface area contributed by atoms with Gasteiger partial charge in [-0.15, -0.1) is 0 Å². The molecule has 154 valence electrons. The van der Waals surface area contributed by atoms with Gasteiger partial charge in [-0.1, -0.05) is 24.3 Å². The Morgan fingerprint density at radius 1 is 1.03 bits per heavy atom. The second-order valence-corrected chi connectivity index (χ2v) is 9.11. The normalized spacial score (nSPS) is 11.9. The molecule has 4 rings (SSSR count). The van der Waals surface area contributed by atoms with Crippen LogP contribution in [0.25, 0.3) is 33.3 Å². The van der Waals surface area contributed by atoms with Gasteiger partial charge in [-0.05, 0) is 29.8 Å². The number of nitrogens with zero attached hydrogens (tertiary/aromatic N) is 2. The summed E-state index contributed by atoms with van der Waals surface area (Å²) in [4.78, 5) is 7.75. The van der Waals surface area contributed by atoms with Gasteiger partial charge in [-0.3, -0.25) is 0 Å². The van der Waals surface area contributed by atoms with E-state index in [0.717, 1.165) is 16.5 Å². The molecule has 2 heterocycles. The van der Waals surface area contributed by atoms with Gasteiger partial charge in [-0.2, -0.15) is 0 Å². The molecule has 6 nitrogen and oxygen atoms in total. The first-order chi connectivity index (χ1) is 14.3. The Morgan fingerprint density at radius 3 is 2.53 bits per heavy atom. The molecule has 30 heavy (non-hydrogen) atoms. The van der Waals surface area contributed by atoms with E-state index >= 15 is 0 Å². The van der Waals surface area contributed by atoms with E-state index < -0.39 is 15.8 Å². The summed E-state index contributed by atoms with van der Waals surface area (Å²) >= 11 is 0. The topological polar surface area (TPSA) is 75.3 Å². The number of pyridine rings is 1. The summed E-state index contributed by atoms with van der Waals surface area (Å²) in [5.74, 6) is -0.294. The molecule has 0 atom stereocenters. The van der Waals surface area contributed by atoms with Gasteiger partial charge in [0.05, 0.1) is 12.0 Å². The summed E-state index contributed by atoms with van der Waals surface area (Å²) in [5.41, 5.74) is 3.44. The molecule has 0 fully saturated rings. The number of halogens is 1. The zero-order valence-corrected chi connectivity index (χ0v) is 17.5. The molecule has 0 aliphatic heterocycles. The van der Waals surface area contributed by atoms with Gasteiger partial charge in [0, 0.05) is 48.6 Å². The third kappa shape index (κ3) is 3.34. The Kier molecular flexibility index (Phi) is 5.05. The molecule has 4 aromatic rings. The Bertz CT molecular complexity index is 1350. The standard InChI is InChI=1S/C22H20FN3O3S/c1-26(2)30(27,28)16-7-4-6-14(10-16)15-11-18-19(13-25-22(18)24-12-15)17-8-5-9-20(23)21(17)29-3/h4-13H,1-3H3,(H,24,25). The fourth-order valence-electron chi connectivity index (χ4n) is 3.36. The van der Waals surface area contributed by atoms with Crippen molar-refractivity contribution < 1.29 is 17.5 Å². The maximum atomic E-state index is 14.2. The fraction of sp³-hybridized carbons (Fsp3) is 0.136. The average Bonchev–Trinajstić information content (AvgIpc) is 3.16. The van der Waals surface area contributed by atoms with Crippen molar-refractivity contribution in [3.8, 4) is 28.0 Å². The molecule has 2 aromatic heterocycles. The molecule has 0 bridgehead atoms. The number of H-pyrrole nitrogens is 1. The monoisotopic (exact) mass is 425 g/mol. The average molecular weight is 425 g/mol. The number of methoxy groups -OCH3 is 1. The van der Waals surface area contributed by atoms with E-state index in [1.54, 1.807) is 42.7 Å². The number of fused-ring (bicyclic) bond motifs is 1. The van der Waals surface area contributed by atoms with Crippen molar-refractivity contribution in [2.45, 2.75) is 4.90 Å². The molecule has 2 aromatic carbocycles. The first-order valence-electron chi connectivity index (χ1n) is 9.16. The van der Waals surface area contributed by atoms with Crippen molar-refractivity contribution in [3.05, 3.63) is 66.7 Å². The van der Waals surface area contributed by atoms with Crippen LogP contribution in [0.5, 0.6) is 5.75 Å². The van der Waals surface area contributed by atoms with Gasteiger partial charge in [-0.25, -0.2) is 22.1 Å². The third-order valence-electron chi connectivity index (χ3n) is 4.94. The van der Waals surface area contributed by atoms with Crippen LogP contribution in [0.15, 0.2) is 65.8 Å². The van der Waals surface area contributed by atoms with Crippen LogP contribution >= 0.6 is 0 Å². The Balaban J connectivity index is 1.87. The highest BCUT2D eigenvalue weighted by atomic mass is 32.2. The van der Waals surface area contributed by atoms with Gasteiger partial charge in [0.25, 0.3) is 0 Å². The second-order valence-electron chi connectivity index (χ2n) is 6.96. The van der Waals surface area contributed by atoms with Gasteiger partial charge in [0.15, 0.2) is 11.6 Å². The summed E-state index contributed by atoms with van der Waals surface area (Å²) in [6.45, 7) is 0. The number of sulfonamides is 1. The minimum absolute atomic E-state index is 0.155. The van der Waals surface area contributed by atoms with E-state index in [0.29, 0.717) is 16.8 Å². The van der Waals surface area contributed by atoms with E-state index in [4.69, 9.17) is 4.74 Å². The van der Waals surface area contributed by atoms with Crippen LogP contribution in [-0.4, -0.2) is 43.9 Å². The molecule has 0 unspecified atom stereocenters. The maximum Gasteiger partial charge on any atom is 0.242 e. The quantitative estimate of drug-likeness (QED) is 0.517. The minimum atomic E-state index is -3.56. The summed E-state index contributed by atoms with van der Waals surface area (Å²) in [6.07, 6.45) is 3.43. The number of rotatable bonds is 5. The Labute approximate surface area is 174 Å². The summed E-state index contributed by atoms with van der Waals surface area (Å²) < 4.78 is 45.6. The molecular weight excluding hydrogens is 405 g/mol. The number of benzene rings is 2. The highest BCUT2D eigenvalue weighted by Gasteiger charge is 2.19. The maximum absolute atomic E-state index is 14.2. The smallest absolute Gasteiger partial charge is 0.242 e. The lowest BCUT2D eigenvalue weighted by atomic mass is 10.0. The highest BCUT2D eigenvalue weighted by Crippen LogP contribution is 2.37. The van der Waals surface area contributed by atoms with Crippen molar-refractivity contribution in [2.24, 2.45) is 0 Å². The van der Waals surface area contributed by atoms with Crippen LogP contribution in [0.3, 0.4) is 0 Å². The zero-order valence-electron chi connectivity index (χ0n) is 16.7. The lowest BCUT2D eigenvalue weighted by molar-refractivity contribution is 0.388. The number of hydrogen-bond donors (Lipinski definition) is 1. The number of aromatic amines is 1. The molecule has 0 aliphatic carbocycles. The molecule has 0 aliphatic rings. The molecule has 0 spiro atoms. The van der Waals surface area contributed by atoms with Gasteiger partial charge in [0.2, 0.25) is 10.0 Å². The van der Waals surface area contributed by atoms with Crippen molar-refractivity contribution in [3.63, 3.8) is 0 Å². The SMILES string of the molecule is COc1c(F)cccc1-c1c[nH]c2ncc(-c3cccc(S(=O)(=O)N(C)C)c3)cc12. The summed E-state index contributed by atoms with van der Waals surface area (Å²) in [5, 5.41) is 0.775. The van der Waals surface area contributed by atoms with Crippen LogP contribution in [0.1, 0.15) is 0 Å². The molecule has 0 amide bonds. The molecular formula is C22H20FN3O3S. The number of nitrogens with one attached hydrogen (secondary N) is 1. The Hall–Kier alpha value is -3.23. The van der Waals surface area contributed by atoms with E-state index in [2.05, 4.69) is 9.97 Å². The van der Waals surface area contributed by atoms with Crippen molar-refractivity contribution in [1.29, 1.82) is 0 Å². The first kappa shape index (κ1) is 20.1. The number of para-hydroxylation sites is 1. The van der Waals surface area contributed by atoms with Crippen molar-refractivity contribution in [2.75, 3.05) is 21.2 Å². The van der Waals surface area contributed by atoms with Gasteiger partial charge >= 0.3 is 0 Å². The lowest BCUT2D eigenvalue weighted by Crippen LogP contribution is -2.22. The lowest BCUT2D eigenvalue weighted by Gasteiger charge is -2.12. The number of hydrogen-bond acceptors (Lipinski definition) is 4. The van der Waals surface area contributed by atoms with Crippen LogP contribution in [0, 0.1) is 5.82 Å². The zero-order chi connectivity index (χ0) is 21.5. The van der Waals surface area contributed by atoms with Gasteiger partial charge < -0.3 is 9.72 Å². The van der Waals surface area contributed by atoms with Crippen LogP contribution in [0.4, 0.5) is 4.39 Å². The summed E-state index contributed by atoms with van der Waals surface area (Å²) in [7, 11) is 0.861. The highest BCUT2D eigenvalue weighted by molar-refractivity contribution is 7.89. The van der Waals surface area contributed by atoms with E-state index in [9.17, 15) is 12.8 Å². The summed E-state index contributed by atoms with van der Waals surface area (Å²) in [6, 6.07) is 13.4. The first-order valence-corrected chi connectivity index (χ1v) is 10.6. The number of ether oxygens (including phenoxy) is 1. The van der Waals surface area contributed by atoms with Crippen LogP contribution in [-0.2, 0) is 10.0 Å². The van der Waals surface area contributed by atoms with E-state index in [1.807, 2.05) is 12.1 Å². The molecule has 8 heteroatoms. The van der Waals surface area contributed by atoms with E-state index in [1.165, 1.54) is 31.6 Å². The molecule has 0 radical (unpaired) electrons. The second kappa shape index (κ2) is 7.55. The van der Waals surface area contributed by atoms with Crippen LogP contribution in [0.2, 0.25) is 0 Å².